The summed E-state index contributed by atoms with van der Waals surface area (Å²) in [5, 5.41) is 17.4. The van der Waals surface area contributed by atoms with Crippen molar-refractivity contribution in [2.45, 2.75) is 46.3 Å². The number of aromatic nitrogens is 2. The maximum atomic E-state index is 9.93. The molecule has 0 aliphatic carbocycles. The number of hydrogen-bond acceptors (Lipinski definition) is 3. The van der Waals surface area contributed by atoms with Gasteiger partial charge in [0, 0.05) is 19.3 Å². The molecule has 1 unspecified atom stereocenters. The van der Waals surface area contributed by atoms with Crippen LogP contribution in [0.15, 0.2) is 12.4 Å². The number of rotatable bonds is 8. The van der Waals surface area contributed by atoms with Gasteiger partial charge in [-0.2, -0.15) is 5.10 Å². The molecule has 1 rings (SSSR count). The third-order valence-electron chi connectivity index (χ3n) is 3.23. The zero-order valence-corrected chi connectivity index (χ0v) is 11.2. The fourth-order valence-corrected chi connectivity index (χ4v) is 2.03. The molecule has 0 saturated carbocycles. The van der Waals surface area contributed by atoms with E-state index in [2.05, 4.69) is 24.3 Å². The van der Waals surface area contributed by atoms with Crippen molar-refractivity contribution >= 4 is 0 Å². The van der Waals surface area contributed by atoms with Crippen molar-refractivity contribution in [3.63, 3.8) is 0 Å². The maximum absolute atomic E-state index is 9.93. The average Bonchev–Trinajstić information content (AvgIpc) is 2.72. The zero-order chi connectivity index (χ0) is 12.7. The first-order chi connectivity index (χ1) is 8.17. The fourth-order valence-electron chi connectivity index (χ4n) is 2.03. The lowest BCUT2D eigenvalue weighted by Crippen LogP contribution is -2.34. The standard InChI is InChI=1S/C13H25N3O/c1-4-12(5-2)13(17)9-14-6-7-16-10-11(3)8-15-16/h8,10,12-14,17H,4-7,9H2,1-3H3. The molecule has 0 aromatic carbocycles. The van der Waals surface area contributed by atoms with Crippen LogP contribution in [0.4, 0.5) is 0 Å². The van der Waals surface area contributed by atoms with Crippen molar-refractivity contribution in [3.05, 3.63) is 18.0 Å². The largest absolute Gasteiger partial charge is 0.392 e. The highest BCUT2D eigenvalue weighted by Crippen LogP contribution is 2.11. The molecule has 1 heterocycles. The lowest BCUT2D eigenvalue weighted by atomic mass is 9.97. The van der Waals surface area contributed by atoms with Gasteiger partial charge in [-0.1, -0.05) is 26.7 Å². The monoisotopic (exact) mass is 239 g/mol. The van der Waals surface area contributed by atoms with Gasteiger partial charge >= 0.3 is 0 Å². The van der Waals surface area contributed by atoms with E-state index >= 15 is 0 Å². The molecular weight excluding hydrogens is 214 g/mol. The molecular formula is C13H25N3O. The third kappa shape index (κ3) is 4.88. The molecule has 0 spiro atoms. The van der Waals surface area contributed by atoms with Crippen LogP contribution in [-0.2, 0) is 6.54 Å². The molecule has 0 radical (unpaired) electrons. The van der Waals surface area contributed by atoms with Crippen molar-refractivity contribution in [1.29, 1.82) is 0 Å². The fraction of sp³-hybridized carbons (Fsp3) is 0.769. The summed E-state index contributed by atoms with van der Waals surface area (Å²) in [5.74, 6) is 0.412. The molecule has 4 nitrogen and oxygen atoms in total. The molecule has 0 bridgehead atoms. The lowest BCUT2D eigenvalue weighted by Gasteiger charge is -2.20. The Morgan fingerprint density at radius 2 is 2.12 bits per heavy atom. The van der Waals surface area contributed by atoms with Crippen LogP contribution in [0.1, 0.15) is 32.3 Å². The minimum absolute atomic E-state index is 0.232. The molecule has 98 valence electrons. The smallest absolute Gasteiger partial charge is 0.0692 e. The maximum Gasteiger partial charge on any atom is 0.0692 e. The Bertz CT molecular complexity index is 307. The Labute approximate surface area is 104 Å². The predicted octanol–water partition coefficient (Wildman–Crippen LogP) is 1.58. The van der Waals surface area contributed by atoms with Gasteiger partial charge in [-0.05, 0) is 18.4 Å². The van der Waals surface area contributed by atoms with Gasteiger partial charge in [-0.15, -0.1) is 0 Å². The normalized spacial score (nSPS) is 13.2. The number of aliphatic hydroxyl groups excluding tert-OH is 1. The molecule has 1 atom stereocenters. The Morgan fingerprint density at radius 1 is 1.41 bits per heavy atom. The summed E-state index contributed by atoms with van der Waals surface area (Å²) in [5.41, 5.74) is 1.18. The first-order valence-electron chi connectivity index (χ1n) is 6.55. The quantitative estimate of drug-likeness (QED) is 0.677. The van der Waals surface area contributed by atoms with Crippen molar-refractivity contribution in [3.8, 4) is 0 Å². The first-order valence-corrected chi connectivity index (χ1v) is 6.55. The molecule has 0 amide bonds. The van der Waals surface area contributed by atoms with E-state index in [1.54, 1.807) is 0 Å². The SMILES string of the molecule is CCC(CC)C(O)CNCCn1cc(C)cn1. The van der Waals surface area contributed by atoms with E-state index in [-0.39, 0.29) is 6.10 Å². The first kappa shape index (κ1) is 14.2. The highest BCUT2D eigenvalue weighted by molar-refractivity contribution is 4.99. The third-order valence-corrected chi connectivity index (χ3v) is 3.23. The van der Waals surface area contributed by atoms with Gasteiger partial charge in [0.15, 0.2) is 0 Å². The van der Waals surface area contributed by atoms with Crippen LogP contribution in [-0.4, -0.2) is 34.1 Å². The minimum atomic E-state index is -0.232. The van der Waals surface area contributed by atoms with E-state index in [1.807, 2.05) is 24.0 Å². The minimum Gasteiger partial charge on any atom is -0.392 e. The van der Waals surface area contributed by atoms with Gasteiger partial charge in [0.2, 0.25) is 0 Å². The van der Waals surface area contributed by atoms with Crippen LogP contribution in [0.2, 0.25) is 0 Å². The number of hydrogen-bond donors (Lipinski definition) is 2. The van der Waals surface area contributed by atoms with E-state index in [0.717, 1.165) is 25.9 Å². The van der Waals surface area contributed by atoms with Gasteiger partial charge in [0.1, 0.15) is 0 Å². The summed E-state index contributed by atoms with van der Waals surface area (Å²) in [6, 6.07) is 0. The molecule has 17 heavy (non-hydrogen) atoms. The molecule has 1 aromatic heterocycles. The van der Waals surface area contributed by atoms with Crippen molar-refractivity contribution in [1.82, 2.24) is 15.1 Å². The number of aryl methyl sites for hydroxylation is 1. The summed E-state index contributed by atoms with van der Waals surface area (Å²) in [6.07, 6.45) is 5.73. The van der Waals surface area contributed by atoms with Gasteiger partial charge in [-0.25, -0.2) is 0 Å². The van der Waals surface area contributed by atoms with Crippen LogP contribution in [0.5, 0.6) is 0 Å². The highest BCUT2D eigenvalue weighted by Gasteiger charge is 2.14. The summed E-state index contributed by atoms with van der Waals surface area (Å²) >= 11 is 0. The van der Waals surface area contributed by atoms with Crippen LogP contribution in [0, 0.1) is 12.8 Å². The topological polar surface area (TPSA) is 50.1 Å². The summed E-state index contributed by atoms with van der Waals surface area (Å²) in [6.45, 7) is 8.66. The highest BCUT2D eigenvalue weighted by atomic mass is 16.3. The molecule has 0 aliphatic rings. The second-order valence-electron chi connectivity index (χ2n) is 4.63. The predicted molar refractivity (Wildman–Crippen MR) is 69.9 cm³/mol. The number of nitrogens with one attached hydrogen (secondary N) is 1. The average molecular weight is 239 g/mol. The Morgan fingerprint density at radius 3 is 2.65 bits per heavy atom. The van der Waals surface area contributed by atoms with Crippen LogP contribution >= 0.6 is 0 Å². The van der Waals surface area contributed by atoms with E-state index < -0.39 is 0 Å². The van der Waals surface area contributed by atoms with E-state index in [9.17, 15) is 5.11 Å². The molecule has 1 aromatic rings. The molecule has 2 N–H and O–H groups in total. The number of nitrogens with zero attached hydrogens (tertiary/aromatic N) is 2. The summed E-state index contributed by atoms with van der Waals surface area (Å²) in [7, 11) is 0. The second kappa shape index (κ2) is 7.45. The molecule has 0 fully saturated rings. The van der Waals surface area contributed by atoms with Gasteiger partial charge in [-0.3, -0.25) is 4.68 Å². The summed E-state index contributed by atoms with van der Waals surface area (Å²) < 4.78 is 1.92. The Balaban J connectivity index is 2.15. The van der Waals surface area contributed by atoms with E-state index in [4.69, 9.17) is 0 Å². The van der Waals surface area contributed by atoms with E-state index in [0.29, 0.717) is 12.5 Å². The van der Waals surface area contributed by atoms with Crippen LogP contribution in [0.3, 0.4) is 0 Å². The van der Waals surface area contributed by atoms with Crippen molar-refractivity contribution in [2.75, 3.05) is 13.1 Å². The van der Waals surface area contributed by atoms with E-state index in [1.165, 1.54) is 5.56 Å². The zero-order valence-electron chi connectivity index (χ0n) is 11.2. The van der Waals surface area contributed by atoms with Gasteiger partial charge in [0.05, 0.1) is 18.8 Å². The Hall–Kier alpha value is -0.870. The van der Waals surface area contributed by atoms with Gasteiger partial charge in [0.25, 0.3) is 0 Å². The lowest BCUT2D eigenvalue weighted by molar-refractivity contribution is 0.101. The molecule has 0 aliphatic heterocycles. The van der Waals surface area contributed by atoms with Crippen molar-refractivity contribution < 1.29 is 5.11 Å². The second-order valence-corrected chi connectivity index (χ2v) is 4.63. The molecule has 0 saturated heterocycles. The molecule has 4 heteroatoms. The van der Waals surface area contributed by atoms with Crippen molar-refractivity contribution in [2.24, 2.45) is 5.92 Å². The number of aliphatic hydroxyl groups is 1. The van der Waals surface area contributed by atoms with Gasteiger partial charge < -0.3 is 10.4 Å². The van der Waals surface area contributed by atoms with Crippen LogP contribution < -0.4 is 5.32 Å². The van der Waals surface area contributed by atoms with Crippen LogP contribution in [0.25, 0.3) is 0 Å². The summed E-state index contributed by atoms with van der Waals surface area (Å²) in [4.78, 5) is 0. The Kier molecular flexibility index (Phi) is 6.22.